The number of hydrogen-bond acceptors (Lipinski definition) is 6. The molecular weight excluding hydrogens is 386 g/mol. The smallest absolute Gasteiger partial charge is 0.242 e. The zero-order valence-corrected chi connectivity index (χ0v) is 16.1. The van der Waals surface area contributed by atoms with Gasteiger partial charge in [0, 0.05) is 25.1 Å². The van der Waals surface area contributed by atoms with E-state index in [1.807, 2.05) is 17.0 Å². The summed E-state index contributed by atoms with van der Waals surface area (Å²) in [6, 6.07) is 7.08. The van der Waals surface area contributed by atoms with Crippen molar-refractivity contribution in [3.8, 4) is 0 Å². The van der Waals surface area contributed by atoms with Gasteiger partial charge in [-0.3, -0.25) is 5.43 Å². The van der Waals surface area contributed by atoms with Crippen molar-refractivity contribution < 1.29 is 8.78 Å². The maximum absolute atomic E-state index is 12.8. The molecule has 0 aromatic heterocycles. The van der Waals surface area contributed by atoms with Gasteiger partial charge in [-0.1, -0.05) is 42.4 Å². The summed E-state index contributed by atoms with van der Waals surface area (Å²) in [5, 5.41) is 6.06. The second-order valence-corrected chi connectivity index (χ2v) is 7.06. The molecule has 0 unspecified atom stereocenters. The predicted molar refractivity (Wildman–Crippen MR) is 107 cm³/mol. The van der Waals surface area contributed by atoms with Crippen LogP contribution in [0.4, 0.5) is 8.78 Å². The monoisotopic (exact) mass is 408 g/mol. The minimum absolute atomic E-state index is 0.295. The summed E-state index contributed by atoms with van der Waals surface area (Å²) in [5.74, 6) is 6.24. The Morgan fingerprint density at radius 2 is 2.04 bits per heavy atom. The second-order valence-electron chi connectivity index (χ2n) is 6.68. The number of allylic oxidation sites excluding steroid dienone is 2. The molecule has 2 aliphatic heterocycles. The third kappa shape index (κ3) is 4.45. The second kappa shape index (κ2) is 8.62. The van der Waals surface area contributed by atoms with E-state index in [1.54, 1.807) is 23.4 Å². The lowest BCUT2D eigenvalue weighted by Gasteiger charge is -2.36. The first-order valence-corrected chi connectivity index (χ1v) is 9.22. The number of alkyl halides is 2. The molecule has 2 heterocycles. The Bertz CT molecular complexity index is 849. The van der Waals surface area contributed by atoms with Crippen molar-refractivity contribution in [1.29, 1.82) is 0 Å². The number of hydrazine groups is 1. The fraction of sp³-hybridized carbons (Fsp3) is 0.316. The standard InChI is InChI=1S/C19H23ClF2N6/c1-12-19(20)17(9-25-26-12)27-7-6-16(15(23)11-27)28(24)10-14-5-3-2-4-13(14)8-18(21)22/h2-5,9,18,26H,1,6-8,10-11,23-24H2. The first kappa shape index (κ1) is 20.2. The van der Waals surface area contributed by atoms with Crippen LogP contribution in [0.25, 0.3) is 0 Å². The molecule has 9 heteroatoms. The highest BCUT2D eigenvalue weighted by Gasteiger charge is 2.25. The molecule has 0 spiro atoms. The van der Waals surface area contributed by atoms with Gasteiger partial charge >= 0.3 is 0 Å². The molecule has 5 N–H and O–H groups in total. The molecule has 1 aromatic rings. The van der Waals surface area contributed by atoms with E-state index in [2.05, 4.69) is 17.1 Å². The van der Waals surface area contributed by atoms with Crippen LogP contribution >= 0.6 is 11.6 Å². The summed E-state index contributed by atoms with van der Waals surface area (Å²) in [6.07, 6.45) is -0.466. The van der Waals surface area contributed by atoms with Gasteiger partial charge in [0.1, 0.15) is 0 Å². The van der Waals surface area contributed by atoms with Crippen molar-refractivity contribution in [2.75, 3.05) is 13.1 Å². The number of nitrogens with zero attached hydrogens (tertiary/aromatic N) is 3. The molecule has 0 fully saturated rings. The zero-order valence-electron chi connectivity index (χ0n) is 15.3. The predicted octanol–water partition coefficient (Wildman–Crippen LogP) is 2.60. The third-order valence-corrected chi connectivity index (χ3v) is 5.17. The van der Waals surface area contributed by atoms with Crippen LogP contribution < -0.4 is 17.0 Å². The SMILES string of the molecule is C=C1NN=CC(N2CCC(N(N)Cc3ccccc3CC(F)F)=C(N)C2)=C1Cl. The van der Waals surface area contributed by atoms with Crippen molar-refractivity contribution in [3.63, 3.8) is 0 Å². The fourth-order valence-corrected chi connectivity index (χ4v) is 3.53. The Morgan fingerprint density at radius 3 is 2.71 bits per heavy atom. The van der Waals surface area contributed by atoms with Crippen LogP contribution in [0.15, 0.2) is 63.8 Å². The van der Waals surface area contributed by atoms with E-state index < -0.39 is 6.43 Å². The molecule has 0 aliphatic carbocycles. The molecule has 0 saturated heterocycles. The molecule has 0 atom stereocenters. The average Bonchev–Trinajstić information content (AvgIpc) is 2.65. The molecule has 150 valence electrons. The van der Waals surface area contributed by atoms with Crippen LogP contribution in [0.2, 0.25) is 0 Å². The average molecular weight is 409 g/mol. The maximum Gasteiger partial charge on any atom is 0.242 e. The molecule has 0 amide bonds. The summed E-state index contributed by atoms with van der Waals surface area (Å²) >= 11 is 6.31. The van der Waals surface area contributed by atoms with Gasteiger partial charge in [0.2, 0.25) is 6.43 Å². The molecule has 0 bridgehead atoms. The number of nitrogens with two attached hydrogens (primary N) is 2. The van der Waals surface area contributed by atoms with Crippen molar-refractivity contribution in [1.82, 2.24) is 15.3 Å². The molecule has 0 radical (unpaired) electrons. The highest BCUT2D eigenvalue weighted by atomic mass is 35.5. The van der Waals surface area contributed by atoms with E-state index >= 15 is 0 Å². The van der Waals surface area contributed by atoms with Gasteiger partial charge in [0.15, 0.2) is 0 Å². The van der Waals surface area contributed by atoms with Gasteiger partial charge in [0.05, 0.1) is 41.4 Å². The fourth-order valence-electron chi connectivity index (χ4n) is 3.32. The Hall–Kier alpha value is -2.58. The minimum Gasteiger partial charge on any atom is -0.399 e. The lowest BCUT2D eigenvalue weighted by Crippen LogP contribution is -2.42. The lowest BCUT2D eigenvalue weighted by atomic mass is 10.0. The number of rotatable bonds is 6. The quantitative estimate of drug-likeness (QED) is 0.498. The molecule has 3 rings (SSSR count). The Balaban J connectivity index is 1.74. The summed E-state index contributed by atoms with van der Waals surface area (Å²) in [4.78, 5) is 2.01. The van der Waals surface area contributed by atoms with Crippen molar-refractivity contribution >= 4 is 17.8 Å². The van der Waals surface area contributed by atoms with Crippen LogP contribution in [0.3, 0.4) is 0 Å². The number of halogens is 3. The van der Waals surface area contributed by atoms with Crippen LogP contribution in [0, 0.1) is 0 Å². The van der Waals surface area contributed by atoms with E-state index in [4.69, 9.17) is 23.2 Å². The number of nitrogens with one attached hydrogen (secondary N) is 1. The van der Waals surface area contributed by atoms with E-state index in [0.717, 1.165) is 17.0 Å². The molecule has 6 nitrogen and oxygen atoms in total. The minimum atomic E-state index is -2.40. The van der Waals surface area contributed by atoms with Gasteiger partial charge in [-0.05, 0) is 11.1 Å². The summed E-state index contributed by atoms with van der Waals surface area (Å²) in [5.41, 5.74) is 13.0. The van der Waals surface area contributed by atoms with Gasteiger partial charge in [0.25, 0.3) is 0 Å². The molecule has 2 aliphatic rings. The Morgan fingerprint density at radius 1 is 1.32 bits per heavy atom. The van der Waals surface area contributed by atoms with Gasteiger partial charge in [-0.25, -0.2) is 14.6 Å². The Kier molecular flexibility index (Phi) is 6.21. The van der Waals surface area contributed by atoms with E-state index in [9.17, 15) is 8.78 Å². The number of hydrogen-bond donors (Lipinski definition) is 3. The summed E-state index contributed by atoms with van der Waals surface area (Å²) < 4.78 is 25.6. The normalized spacial score (nSPS) is 17.5. The summed E-state index contributed by atoms with van der Waals surface area (Å²) in [7, 11) is 0. The molecule has 1 aromatic carbocycles. The van der Waals surface area contributed by atoms with E-state index in [-0.39, 0.29) is 6.42 Å². The van der Waals surface area contributed by atoms with E-state index in [0.29, 0.717) is 48.0 Å². The van der Waals surface area contributed by atoms with E-state index in [1.165, 1.54) is 0 Å². The van der Waals surface area contributed by atoms with Crippen molar-refractivity contribution in [2.45, 2.75) is 25.8 Å². The summed E-state index contributed by atoms with van der Waals surface area (Å²) in [6.45, 7) is 5.20. The number of hydrazone groups is 1. The molecule has 28 heavy (non-hydrogen) atoms. The highest BCUT2D eigenvalue weighted by Crippen LogP contribution is 2.26. The highest BCUT2D eigenvalue weighted by molar-refractivity contribution is 6.33. The largest absolute Gasteiger partial charge is 0.399 e. The lowest BCUT2D eigenvalue weighted by molar-refractivity contribution is 0.148. The first-order valence-electron chi connectivity index (χ1n) is 8.84. The van der Waals surface area contributed by atoms with Gasteiger partial charge < -0.3 is 15.6 Å². The first-order chi connectivity index (χ1) is 13.4. The van der Waals surface area contributed by atoms with Crippen LogP contribution in [-0.2, 0) is 13.0 Å². The molecular formula is C19H23ClF2N6. The van der Waals surface area contributed by atoms with Gasteiger partial charge in [-0.15, -0.1) is 0 Å². The van der Waals surface area contributed by atoms with Crippen LogP contribution in [0.5, 0.6) is 0 Å². The third-order valence-electron chi connectivity index (χ3n) is 4.75. The van der Waals surface area contributed by atoms with Crippen molar-refractivity contribution in [2.24, 2.45) is 16.7 Å². The zero-order chi connectivity index (χ0) is 20.3. The number of benzene rings is 1. The Labute approximate surface area is 167 Å². The molecule has 0 saturated carbocycles. The van der Waals surface area contributed by atoms with Crippen LogP contribution in [0.1, 0.15) is 17.5 Å². The topological polar surface area (TPSA) is 82.9 Å². The van der Waals surface area contributed by atoms with Gasteiger partial charge in [-0.2, -0.15) is 5.10 Å². The maximum atomic E-state index is 12.8. The van der Waals surface area contributed by atoms with Crippen LogP contribution in [-0.4, -0.2) is 35.6 Å². The van der Waals surface area contributed by atoms with Crippen molar-refractivity contribution in [3.05, 3.63) is 69.8 Å².